The second-order valence-electron chi connectivity index (χ2n) is 8.91. The number of rotatable bonds is 8. The number of hydrogen-bond donors (Lipinski definition) is 3. The highest BCUT2D eigenvalue weighted by molar-refractivity contribution is 6.21. The van der Waals surface area contributed by atoms with Gasteiger partial charge in [-0.2, -0.15) is 0 Å². The average molecular weight is 481 g/mol. The van der Waals surface area contributed by atoms with Crippen molar-refractivity contribution in [3.05, 3.63) is 59.7 Å². The SMILES string of the molecule is CC(C)(C)OC(=O)NCC(=O)Nc1ccccc1NC(=O)CCCN1C(=O)c2ccccc2C1=O. The summed E-state index contributed by atoms with van der Waals surface area (Å²) in [5.74, 6) is -1.56. The van der Waals surface area contributed by atoms with Crippen molar-refractivity contribution in [1.29, 1.82) is 0 Å². The number of ether oxygens (including phenoxy) is 1. The molecule has 0 aliphatic carbocycles. The molecule has 0 atom stereocenters. The van der Waals surface area contributed by atoms with E-state index < -0.39 is 17.6 Å². The molecule has 0 saturated carbocycles. The van der Waals surface area contributed by atoms with Crippen molar-refractivity contribution in [2.24, 2.45) is 0 Å². The maximum absolute atomic E-state index is 12.5. The first-order chi connectivity index (χ1) is 16.5. The van der Waals surface area contributed by atoms with Crippen molar-refractivity contribution < 1.29 is 28.7 Å². The Kier molecular flexibility index (Phi) is 7.85. The van der Waals surface area contributed by atoms with Crippen molar-refractivity contribution in [3.8, 4) is 0 Å². The molecule has 2 aromatic rings. The summed E-state index contributed by atoms with van der Waals surface area (Å²) in [6, 6.07) is 13.2. The van der Waals surface area contributed by atoms with Crippen LogP contribution in [0, 0.1) is 0 Å². The van der Waals surface area contributed by atoms with Gasteiger partial charge in [-0.15, -0.1) is 0 Å². The first kappa shape index (κ1) is 25.4. The van der Waals surface area contributed by atoms with Gasteiger partial charge in [0.05, 0.1) is 22.5 Å². The molecule has 0 radical (unpaired) electrons. The number of hydrogen-bond acceptors (Lipinski definition) is 6. The number of alkyl carbamates (subject to hydrolysis) is 1. The molecule has 0 saturated heterocycles. The van der Waals surface area contributed by atoms with Crippen molar-refractivity contribution >= 4 is 41.1 Å². The Hall–Kier alpha value is -4.21. The van der Waals surface area contributed by atoms with Crippen LogP contribution >= 0.6 is 0 Å². The Morgan fingerprint density at radius 2 is 1.34 bits per heavy atom. The molecular weight excluding hydrogens is 452 g/mol. The number of nitrogens with zero attached hydrogens (tertiary/aromatic N) is 1. The summed E-state index contributed by atoms with van der Waals surface area (Å²) >= 11 is 0. The second-order valence-corrected chi connectivity index (χ2v) is 8.91. The summed E-state index contributed by atoms with van der Waals surface area (Å²) < 4.78 is 5.09. The zero-order valence-electron chi connectivity index (χ0n) is 19.8. The molecule has 35 heavy (non-hydrogen) atoms. The zero-order chi connectivity index (χ0) is 25.6. The van der Waals surface area contributed by atoms with E-state index in [9.17, 15) is 24.0 Å². The van der Waals surface area contributed by atoms with Crippen LogP contribution in [0.3, 0.4) is 0 Å². The third-order valence-electron chi connectivity index (χ3n) is 4.93. The maximum Gasteiger partial charge on any atom is 0.408 e. The van der Waals surface area contributed by atoms with Crippen LogP contribution in [0.15, 0.2) is 48.5 Å². The molecule has 0 fully saturated rings. The molecule has 1 aliphatic rings. The van der Waals surface area contributed by atoms with Gasteiger partial charge in [0, 0.05) is 13.0 Å². The van der Waals surface area contributed by atoms with E-state index in [0.717, 1.165) is 4.90 Å². The highest BCUT2D eigenvalue weighted by Gasteiger charge is 2.34. The lowest BCUT2D eigenvalue weighted by atomic mass is 10.1. The lowest BCUT2D eigenvalue weighted by Gasteiger charge is -2.19. The standard InChI is InChI=1S/C25H28N4O6/c1-25(2,3)35-24(34)26-15-21(31)28-19-12-7-6-11-18(19)27-20(30)13-8-14-29-22(32)16-9-4-5-10-17(16)23(29)33/h4-7,9-12H,8,13-15H2,1-3H3,(H,26,34)(H,27,30)(H,28,31). The molecule has 1 heterocycles. The quantitative estimate of drug-likeness (QED) is 0.497. The topological polar surface area (TPSA) is 134 Å². The molecule has 0 unspecified atom stereocenters. The van der Waals surface area contributed by atoms with Gasteiger partial charge in [-0.3, -0.25) is 24.1 Å². The predicted molar refractivity (Wildman–Crippen MR) is 129 cm³/mol. The molecule has 0 aromatic heterocycles. The van der Waals surface area contributed by atoms with Gasteiger partial charge < -0.3 is 20.7 Å². The van der Waals surface area contributed by atoms with Crippen LogP contribution in [0.1, 0.15) is 54.3 Å². The Balaban J connectivity index is 1.48. The fourth-order valence-corrected chi connectivity index (χ4v) is 3.41. The average Bonchev–Trinajstić information content (AvgIpc) is 3.03. The lowest BCUT2D eigenvalue weighted by molar-refractivity contribution is -0.116. The van der Waals surface area contributed by atoms with Gasteiger partial charge in [0.1, 0.15) is 12.1 Å². The van der Waals surface area contributed by atoms with Crippen LogP contribution in [0.25, 0.3) is 0 Å². The Labute approximate surface area is 203 Å². The van der Waals surface area contributed by atoms with Crippen LogP contribution < -0.4 is 16.0 Å². The highest BCUT2D eigenvalue weighted by Crippen LogP contribution is 2.23. The van der Waals surface area contributed by atoms with E-state index in [0.29, 0.717) is 22.5 Å². The number of carbonyl (C=O) groups excluding carboxylic acids is 5. The summed E-state index contributed by atoms with van der Waals surface area (Å²) in [4.78, 5) is 62.4. The fraction of sp³-hybridized carbons (Fsp3) is 0.320. The molecule has 3 N–H and O–H groups in total. The second kappa shape index (κ2) is 10.8. The number of amides is 5. The van der Waals surface area contributed by atoms with Crippen molar-refractivity contribution in [2.45, 2.75) is 39.2 Å². The zero-order valence-corrected chi connectivity index (χ0v) is 19.8. The van der Waals surface area contributed by atoms with E-state index >= 15 is 0 Å². The maximum atomic E-state index is 12.5. The molecule has 3 rings (SSSR count). The molecule has 2 aromatic carbocycles. The van der Waals surface area contributed by atoms with Crippen LogP contribution in [0.4, 0.5) is 16.2 Å². The molecular formula is C25H28N4O6. The molecule has 10 heteroatoms. The third kappa shape index (κ3) is 6.89. The van der Waals surface area contributed by atoms with Crippen LogP contribution in [0.5, 0.6) is 0 Å². The van der Waals surface area contributed by atoms with Gasteiger partial charge in [-0.1, -0.05) is 24.3 Å². The summed E-state index contributed by atoms with van der Waals surface area (Å²) in [6.07, 6.45) is -0.367. The minimum atomic E-state index is -0.715. The number of para-hydroxylation sites is 2. The molecule has 10 nitrogen and oxygen atoms in total. The monoisotopic (exact) mass is 480 g/mol. The minimum Gasteiger partial charge on any atom is -0.444 e. The number of nitrogens with one attached hydrogen (secondary N) is 3. The first-order valence-electron chi connectivity index (χ1n) is 11.2. The summed E-state index contributed by atoms with van der Waals surface area (Å²) in [7, 11) is 0. The van der Waals surface area contributed by atoms with E-state index in [2.05, 4.69) is 16.0 Å². The van der Waals surface area contributed by atoms with Crippen molar-refractivity contribution in [2.75, 3.05) is 23.7 Å². The number of imide groups is 1. The summed E-state index contributed by atoms with van der Waals surface area (Å²) in [6.45, 7) is 4.95. The number of benzene rings is 2. The number of anilines is 2. The van der Waals surface area contributed by atoms with Gasteiger partial charge >= 0.3 is 6.09 Å². The normalized spacial score (nSPS) is 12.7. The van der Waals surface area contributed by atoms with E-state index in [1.165, 1.54) is 0 Å². The van der Waals surface area contributed by atoms with E-state index in [-0.39, 0.29) is 43.7 Å². The van der Waals surface area contributed by atoms with Gasteiger partial charge in [0.15, 0.2) is 0 Å². The van der Waals surface area contributed by atoms with Gasteiger partial charge in [0.2, 0.25) is 11.8 Å². The largest absolute Gasteiger partial charge is 0.444 e. The molecule has 184 valence electrons. The summed E-state index contributed by atoms with van der Waals surface area (Å²) in [5.41, 5.74) is 0.790. The van der Waals surface area contributed by atoms with E-state index in [4.69, 9.17) is 4.74 Å². The van der Waals surface area contributed by atoms with Gasteiger partial charge in [0.25, 0.3) is 11.8 Å². The van der Waals surface area contributed by atoms with Crippen LogP contribution in [0.2, 0.25) is 0 Å². The Morgan fingerprint density at radius 1 is 0.829 bits per heavy atom. The van der Waals surface area contributed by atoms with Gasteiger partial charge in [-0.05, 0) is 51.5 Å². The molecule has 5 amide bonds. The van der Waals surface area contributed by atoms with E-state index in [1.54, 1.807) is 69.3 Å². The molecule has 0 bridgehead atoms. The number of fused-ring (bicyclic) bond motifs is 1. The van der Waals surface area contributed by atoms with E-state index in [1.807, 2.05) is 0 Å². The van der Waals surface area contributed by atoms with Crippen LogP contribution in [-0.4, -0.2) is 53.3 Å². The van der Waals surface area contributed by atoms with Crippen LogP contribution in [-0.2, 0) is 14.3 Å². The predicted octanol–water partition coefficient (Wildman–Crippen LogP) is 3.16. The Morgan fingerprint density at radius 3 is 1.89 bits per heavy atom. The first-order valence-corrected chi connectivity index (χ1v) is 11.2. The van der Waals surface area contributed by atoms with Gasteiger partial charge in [-0.25, -0.2) is 4.79 Å². The minimum absolute atomic E-state index is 0.0654. The lowest BCUT2D eigenvalue weighted by Crippen LogP contribution is -2.37. The number of carbonyl (C=O) groups is 5. The molecule has 1 aliphatic heterocycles. The van der Waals surface area contributed by atoms with Crippen molar-refractivity contribution in [3.63, 3.8) is 0 Å². The third-order valence-corrected chi connectivity index (χ3v) is 4.93. The fourth-order valence-electron chi connectivity index (χ4n) is 3.41. The van der Waals surface area contributed by atoms with Crippen molar-refractivity contribution in [1.82, 2.24) is 10.2 Å². The smallest absolute Gasteiger partial charge is 0.408 e. The highest BCUT2D eigenvalue weighted by atomic mass is 16.6. The summed E-state index contributed by atoms with van der Waals surface area (Å²) in [5, 5.41) is 7.73. The molecule has 0 spiro atoms. The Bertz CT molecular complexity index is 1120.